The van der Waals surface area contributed by atoms with Crippen LogP contribution in [-0.4, -0.2) is 38.5 Å². The second-order valence-electron chi connectivity index (χ2n) is 5.45. The van der Waals surface area contributed by atoms with Gasteiger partial charge in [0.15, 0.2) is 23.9 Å². The number of carbonyl (C=O) groups is 3. The van der Waals surface area contributed by atoms with E-state index in [1.165, 1.54) is 33.3 Å². The van der Waals surface area contributed by atoms with Gasteiger partial charge in [-0.25, -0.2) is 4.79 Å². The average Bonchev–Trinajstić information content (AvgIpc) is 2.65. The lowest BCUT2D eigenvalue weighted by Crippen LogP contribution is -2.21. The second-order valence-corrected chi connectivity index (χ2v) is 5.86. The van der Waals surface area contributed by atoms with Crippen LogP contribution < -0.4 is 14.8 Å². The van der Waals surface area contributed by atoms with Crippen LogP contribution in [0.4, 0.5) is 5.69 Å². The summed E-state index contributed by atoms with van der Waals surface area (Å²) in [5.41, 5.74) is 1.14. The number of ether oxygens (including phenoxy) is 3. The van der Waals surface area contributed by atoms with Gasteiger partial charge in [-0.15, -0.1) is 0 Å². The molecule has 0 bridgehead atoms. The molecule has 1 N–H and O–H groups in total. The summed E-state index contributed by atoms with van der Waals surface area (Å²) in [6.07, 6.45) is 0. The maximum absolute atomic E-state index is 12.1. The lowest BCUT2D eigenvalue weighted by atomic mass is 10.1. The molecule has 0 saturated heterocycles. The Labute approximate surface area is 161 Å². The van der Waals surface area contributed by atoms with E-state index in [2.05, 4.69) is 5.32 Å². The minimum Gasteiger partial charge on any atom is -0.493 e. The molecule has 0 aliphatic heterocycles. The highest BCUT2D eigenvalue weighted by Crippen LogP contribution is 2.36. The predicted octanol–water partition coefficient (Wildman–Crippen LogP) is 3.36. The number of nitrogens with one attached hydrogen (secondary N) is 1. The van der Waals surface area contributed by atoms with Crippen molar-refractivity contribution in [3.8, 4) is 11.5 Å². The van der Waals surface area contributed by atoms with Gasteiger partial charge in [-0.1, -0.05) is 11.6 Å². The number of carbonyl (C=O) groups excluding carboxylic acids is 3. The zero-order valence-corrected chi connectivity index (χ0v) is 15.8. The van der Waals surface area contributed by atoms with Crippen molar-refractivity contribution < 1.29 is 28.6 Å². The van der Waals surface area contributed by atoms with Crippen LogP contribution in [0.25, 0.3) is 0 Å². The van der Waals surface area contributed by atoms with E-state index in [1.807, 2.05) is 0 Å². The molecule has 7 nitrogen and oxygen atoms in total. The van der Waals surface area contributed by atoms with Crippen molar-refractivity contribution in [1.29, 1.82) is 0 Å². The molecule has 27 heavy (non-hydrogen) atoms. The lowest BCUT2D eigenvalue weighted by Gasteiger charge is -2.11. The van der Waals surface area contributed by atoms with E-state index in [1.54, 1.807) is 24.3 Å². The first-order chi connectivity index (χ1) is 12.8. The van der Waals surface area contributed by atoms with E-state index in [4.69, 9.17) is 25.8 Å². The number of hydrogen-bond donors (Lipinski definition) is 1. The van der Waals surface area contributed by atoms with E-state index in [9.17, 15) is 14.4 Å². The lowest BCUT2D eigenvalue weighted by molar-refractivity contribution is -0.119. The molecular formula is C19H18ClNO6. The second kappa shape index (κ2) is 9.05. The van der Waals surface area contributed by atoms with E-state index in [0.29, 0.717) is 17.0 Å². The summed E-state index contributed by atoms with van der Waals surface area (Å²) in [5.74, 6) is -0.768. The van der Waals surface area contributed by atoms with Crippen LogP contribution in [0.15, 0.2) is 36.4 Å². The molecule has 0 spiro atoms. The van der Waals surface area contributed by atoms with Crippen LogP contribution >= 0.6 is 11.6 Å². The van der Waals surface area contributed by atoms with Crippen molar-refractivity contribution in [2.24, 2.45) is 0 Å². The van der Waals surface area contributed by atoms with Gasteiger partial charge in [0.1, 0.15) is 0 Å². The minimum absolute atomic E-state index is 0.0737. The number of ketones is 1. The highest BCUT2D eigenvalue weighted by Gasteiger charge is 2.17. The number of esters is 1. The molecule has 2 aromatic carbocycles. The molecule has 2 aromatic rings. The average molecular weight is 392 g/mol. The van der Waals surface area contributed by atoms with Crippen molar-refractivity contribution in [3.05, 3.63) is 52.5 Å². The van der Waals surface area contributed by atoms with Crippen LogP contribution in [0.5, 0.6) is 11.5 Å². The number of halogens is 1. The quantitative estimate of drug-likeness (QED) is 0.575. The van der Waals surface area contributed by atoms with Crippen LogP contribution in [0.3, 0.4) is 0 Å². The first-order valence-corrected chi connectivity index (χ1v) is 8.23. The molecule has 8 heteroatoms. The standard InChI is InChI=1S/C19H18ClNO6/c1-11(22)12-4-6-14(7-5-12)21-17(23)10-27-19(24)13-8-15(20)18(26-3)16(9-13)25-2/h4-9H,10H2,1-3H3,(H,21,23). The Balaban J connectivity index is 1.97. The van der Waals surface area contributed by atoms with Crippen LogP contribution in [0.1, 0.15) is 27.6 Å². The number of rotatable bonds is 7. The van der Waals surface area contributed by atoms with E-state index in [-0.39, 0.29) is 22.1 Å². The van der Waals surface area contributed by atoms with E-state index < -0.39 is 18.5 Å². The third kappa shape index (κ3) is 5.21. The van der Waals surface area contributed by atoms with Gasteiger partial charge in [-0.3, -0.25) is 9.59 Å². The number of anilines is 1. The maximum atomic E-state index is 12.1. The Morgan fingerprint density at radius 2 is 1.67 bits per heavy atom. The molecule has 0 heterocycles. The number of methoxy groups -OCH3 is 2. The van der Waals surface area contributed by atoms with Gasteiger partial charge in [0.25, 0.3) is 5.91 Å². The third-order valence-electron chi connectivity index (χ3n) is 3.58. The van der Waals surface area contributed by atoms with Crippen LogP contribution in [-0.2, 0) is 9.53 Å². The molecule has 0 aliphatic carbocycles. The Morgan fingerprint density at radius 1 is 1.00 bits per heavy atom. The van der Waals surface area contributed by atoms with Crippen molar-refractivity contribution in [3.63, 3.8) is 0 Å². The zero-order chi connectivity index (χ0) is 20.0. The summed E-state index contributed by atoms with van der Waals surface area (Å²) in [5, 5.41) is 2.75. The predicted molar refractivity (Wildman–Crippen MR) is 99.9 cm³/mol. The smallest absolute Gasteiger partial charge is 0.338 e. The first kappa shape index (κ1) is 20.3. The zero-order valence-electron chi connectivity index (χ0n) is 15.0. The topological polar surface area (TPSA) is 90.9 Å². The Bertz CT molecular complexity index is 863. The fourth-order valence-electron chi connectivity index (χ4n) is 2.24. The number of amides is 1. The highest BCUT2D eigenvalue weighted by molar-refractivity contribution is 6.32. The van der Waals surface area contributed by atoms with E-state index in [0.717, 1.165) is 0 Å². The van der Waals surface area contributed by atoms with Crippen LogP contribution in [0, 0.1) is 0 Å². The fraction of sp³-hybridized carbons (Fsp3) is 0.211. The molecule has 142 valence electrons. The molecule has 0 aliphatic rings. The van der Waals surface area contributed by atoms with Crippen molar-refractivity contribution >= 4 is 34.9 Å². The first-order valence-electron chi connectivity index (χ1n) is 7.85. The highest BCUT2D eigenvalue weighted by atomic mass is 35.5. The van der Waals surface area contributed by atoms with Gasteiger partial charge in [-0.2, -0.15) is 0 Å². The molecule has 1 amide bonds. The van der Waals surface area contributed by atoms with Crippen molar-refractivity contribution in [1.82, 2.24) is 0 Å². The van der Waals surface area contributed by atoms with Gasteiger partial charge in [0, 0.05) is 11.3 Å². The summed E-state index contributed by atoms with van der Waals surface area (Å²) in [4.78, 5) is 35.3. The normalized spacial score (nSPS) is 10.1. The molecule has 2 rings (SSSR count). The largest absolute Gasteiger partial charge is 0.493 e. The number of hydrogen-bond acceptors (Lipinski definition) is 6. The van der Waals surface area contributed by atoms with Gasteiger partial charge in [-0.05, 0) is 43.3 Å². The summed E-state index contributed by atoms with van der Waals surface area (Å²) in [7, 11) is 2.84. The van der Waals surface area contributed by atoms with Gasteiger partial charge in [0.05, 0.1) is 24.8 Å². The fourth-order valence-corrected chi connectivity index (χ4v) is 2.52. The Kier molecular flexibility index (Phi) is 6.79. The molecular weight excluding hydrogens is 374 g/mol. The van der Waals surface area contributed by atoms with E-state index >= 15 is 0 Å². The van der Waals surface area contributed by atoms with Crippen LogP contribution in [0.2, 0.25) is 5.02 Å². The number of Topliss-reactive ketones (excluding diaryl/α,β-unsaturated/α-hetero) is 1. The molecule has 0 unspecified atom stereocenters. The van der Waals surface area contributed by atoms with Gasteiger partial charge >= 0.3 is 5.97 Å². The van der Waals surface area contributed by atoms with Crippen molar-refractivity contribution in [2.75, 3.05) is 26.1 Å². The van der Waals surface area contributed by atoms with Gasteiger partial charge < -0.3 is 19.5 Å². The summed E-state index contributed by atoms with van der Waals surface area (Å²) >= 11 is 6.05. The SMILES string of the molecule is COc1cc(C(=O)OCC(=O)Nc2ccc(C(C)=O)cc2)cc(Cl)c1OC. The Hall–Kier alpha value is -3.06. The molecule has 0 atom stereocenters. The maximum Gasteiger partial charge on any atom is 0.338 e. The third-order valence-corrected chi connectivity index (χ3v) is 3.86. The van der Waals surface area contributed by atoms with Crippen molar-refractivity contribution in [2.45, 2.75) is 6.92 Å². The summed E-state index contributed by atoms with van der Waals surface area (Å²) < 4.78 is 15.2. The monoisotopic (exact) mass is 391 g/mol. The molecule has 0 fully saturated rings. The summed E-state index contributed by atoms with van der Waals surface area (Å²) in [6, 6.07) is 9.13. The molecule has 0 saturated carbocycles. The minimum atomic E-state index is -0.736. The molecule has 0 aromatic heterocycles. The summed E-state index contributed by atoms with van der Waals surface area (Å²) in [6.45, 7) is 0.965. The number of benzene rings is 2. The molecule has 0 radical (unpaired) electrons. The van der Waals surface area contributed by atoms with Gasteiger partial charge in [0.2, 0.25) is 0 Å². The Morgan fingerprint density at radius 3 is 2.22 bits per heavy atom.